The Kier molecular flexibility index (Phi) is 3.91. The van der Waals surface area contributed by atoms with Crippen LogP contribution in [0.3, 0.4) is 0 Å². The predicted molar refractivity (Wildman–Crippen MR) is 69.7 cm³/mol. The van der Waals surface area contributed by atoms with Crippen LogP contribution in [-0.4, -0.2) is 36.6 Å². The van der Waals surface area contributed by atoms with Crippen molar-refractivity contribution in [3.63, 3.8) is 0 Å². The molecule has 0 unspecified atom stereocenters. The Morgan fingerprint density at radius 3 is 2.19 bits per heavy atom. The number of nitrogens with one attached hydrogen (secondary N) is 1. The molecule has 2 nitrogen and oxygen atoms in total. The highest BCUT2D eigenvalue weighted by Gasteiger charge is 2.32. The fourth-order valence-electron chi connectivity index (χ4n) is 3.19. The predicted octanol–water partition coefficient (Wildman–Crippen LogP) is 2.64. The van der Waals surface area contributed by atoms with Gasteiger partial charge in [-0.15, -0.1) is 0 Å². The summed E-state index contributed by atoms with van der Waals surface area (Å²) in [7, 11) is 2.24. The molecule has 0 aromatic heterocycles. The molecular formula is C14H28N2. The first-order valence-electron chi connectivity index (χ1n) is 7.04. The lowest BCUT2D eigenvalue weighted by Crippen LogP contribution is -2.53. The zero-order valence-electron chi connectivity index (χ0n) is 11.3. The summed E-state index contributed by atoms with van der Waals surface area (Å²) < 4.78 is 0. The highest BCUT2D eigenvalue weighted by molar-refractivity contribution is 4.91. The Morgan fingerprint density at radius 1 is 1.06 bits per heavy atom. The van der Waals surface area contributed by atoms with E-state index in [4.69, 9.17) is 0 Å². The molecule has 0 radical (unpaired) electrons. The maximum Gasteiger partial charge on any atom is 0.0156 e. The van der Waals surface area contributed by atoms with E-state index in [2.05, 4.69) is 31.1 Å². The summed E-state index contributed by atoms with van der Waals surface area (Å²) in [6, 6.07) is 0.773. The summed E-state index contributed by atoms with van der Waals surface area (Å²) in [5.41, 5.74) is 0.438. The molecule has 0 amide bonds. The Bertz CT molecular complexity index is 211. The van der Waals surface area contributed by atoms with Crippen LogP contribution < -0.4 is 5.32 Å². The minimum atomic E-state index is 0.438. The minimum Gasteiger partial charge on any atom is -0.309 e. The maximum atomic E-state index is 3.95. The van der Waals surface area contributed by atoms with Crippen molar-refractivity contribution in [1.82, 2.24) is 10.2 Å². The minimum absolute atomic E-state index is 0.438. The van der Waals surface area contributed by atoms with Gasteiger partial charge in [0, 0.05) is 11.6 Å². The van der Waals surface area contributed by atoms with Crippen molar-refractivity contribution in [3.05, 3.63) is 0 Å². The van der Waals surface area contributed by atoms with Crippen molar-refractivity contribution >= 4 is 0 Å². The van der Waals surface area contributed by atoms with Gasteiger partial charge in [-0.2, -0.15) is 0 Å². The molecule has 16 heavy (non-hydrogen) atoms. The standard InChI is InChI=1S/C14H28N2/c1-12-4-8-14(2,9-5-12)15-13-6-10-16(3)11-7-13/h12-13,15H,4-11H2,1-3H3. The van der Waals surface area contributed by atoms with Gasteiger partial charge >= 0.3 is 0 Å². The number of likely N-dealkylation sites (tertiary alicyclic amines) is 1. The summed E-state index contributed by atoms with van der Waals surface area (Å²) >= 11 is 0. The van der Waals surface area contributed by atoms with Gasteiger partial charge in [-0.25, -0.2) is 0 Å². The topological polar surface area (TPSA) is 15.3 Å². The van der Waals surface area contributed by atoms with Gasteiger partial charge < -0.3 is 10.2 Å². The molecule has 2 fully saturated rings. The molecule has 0 spiro atoms. The fourth-order valence-corrected chi connectivity index (χ4v) is 3.19. The molecule has 1 aliphatic heterocycles. The van der Waals surface area contributed by atoms with Crippen LogP contribution in [0.5, 0.6) is 0 Å². The molecule has 1 saturated heterocycles. The monoisotopic (exact) mass is 224 g/mol. The van der Waals surface area contributed by atoms with Gasteiger partial charge in [0.1, 0.15) is 0 Å². The van der Waals surface area contributed by atoms with Crippen molar-refractivity contribution in [2.45, 2.75) is 64.0 Å². The summed E-state index contributed by atoms with van der Waals surface area (Å²) in [6.45, 7) is 7.38. The van der Waals surface area contributed by atoms with Crippen molar-refractivity contribution in [3.8, 4) is 0 Å². The maximum absolute atomic E-state index is 3.95. The summed E-state index contributed by atoms with van der Waals surface area (Å²) in [5.74, 6) is 0.951. The summed E-state index contributed by atoms with van der Waals surface area (Å²) in [4.78, 5) is 2.45. The number of hydrogen-bond donors (Lipinski definition) is 1. The Labute approximate surface area is 101 Å². The molecule has 0 aromatic rings. The average Bonchev–Trinajstić information content (AvgIpc) is 2.27. The SMILES string of the molecule is CC1CCC(C)(NC2CCN(C)CC2)CC1. The molecule has 94 valence electrons. The van der Waals surface area contributed by atoms with E-state index in [1.807, 2.05) is 0 Å². The van der Waals surface area contributed by atoms with Gasteiger partial charge in [0.15, 0.2) is 0 Å². The van der Waals surface area contributed by atoms with Crippen molar-refractivity contribution in [1.29, 1.82) is 0 Å². The first-order chi connectivity index (χ1) is 7.57. The van der Waals surface area contributed by atoms with Crippen LogP contribution in [0.15, 0.2) is 0 Å². The second-order valence-electron chi connectivity index (χ2n) is 6.47. The van der Waals surface area contributed by atoms with Crippen LogP contribution in [0, 0.1) is 5.92 Å². The van der Waals surface area contributed by atoms with E-state index in [0.29, 0.717) is 5.54 Å². The van der Waals surface area contributed by atoms with Gasteiger partial charge in [-0.3, -0.25) is 0 Å². The molecule has 2 rings (SSSR count). The summed E-state index contributed by atoms with van der Waals surface area (Å²) in [5, 5.41) is 3.95. The third kappa shape index (κ3) is 3.21. The molecule has 2 heteroatoms. The number of piperidine rings is 1. The molecule has 1 saturated carbocycles. The van der Waals surface area contributed by atoms with Crippen molar-refractivity contribution < 1.29 is 0 Å². The fraction of sp³-hybridized carbons (Fsp3) is 1.00. The third-order valence-corrected chi connectivity index (χ3v) is 4.65. The number of hydrogen-bond acceptors (Lipinski definition) is 2. The van der Waals surface area contributed by atoms with Gasteiger partial charge in [0.25, 0.3) is 0 Å². The molecule has 1 aliphatic carbocycles. The smallest absolute Gasteiger partial charge is 0.0156 e. The lowest BCUT2D eigenvalue weighted by molar-refractivity contribution is 0.156. The molecule has 0 aromatic carbocycles. The quantitative estimate of drug-likeness (QED) is 0.776. The molecule has 0 bridgehead atoms. The van der Waals surface area contributed by atoms with Crippen LogP contribution in [0.4, 0.5) is 0 Å². The normalized spacial score (nSPS) is 38.8. The summed E-state index contributed by atoms with van der Waals surface area (Å²) in [6.07, 6.45) is 8.25. The molecule has 2 aliphatic rings. The largest absolute Gasteiger partial charge is 0.309 e. The second kappa shape index (κ2) is 5.05. The highest BCUT2D eigenvalue weighted by Crippen LogP contribution is 2.32. The molecule has 1 heterocycles. The van der Waals surface area contributed by atoms with Gasteiger partial charge in [0.2, 0.25) is 0 Å². The Balaban J connectivity index is 1.80. The van der Waals surface area contributed by atoms with Gasteiger partial charge in [-0.1, -0.05) is 6.92 Å². The lowest BCUT2D eigenvalue weighted by Gasteiger charge is -2.42. The lowest BCUT2D eigenvalue weighted by atomic mass is 9.77. The zero-order valence-corrected chi connectivity index (χ0v) is 11.3. The Hall–Kier alpha value is -0.0800. The van der Waals surface area contributed by atoms with Crippen LogP contribution in [0.1, 0.15) is 52.4 Å². The first-order valence-corrected chi connectivity index (χ1v) is 7.04. The molecule has 0 atom stereocenters. The highest BCUT2D eigenvalue weighted by atomic mass is 15.1. The molecular weight excluding hydrogens is 196 g/mol. The average molecular weight is 224 g/mol. The zero-order chi connectivity index (χ0) is 11.6. The van der Waals surface area contributed by atoms with E-state index in [1.54, 1.807) is 0 Å². The first kappa shape index (κ1) is 12.4. The van der Waals surface area contributed by atoms with Crippen LogP contribution >= 0.6 is 0 Å². The van der Waals surface area contributed by atoms with E-state index in [0.717, 1.165) is 12.0 Å². The number of rotatable bonds is 2. The van der Waals surface area contributed by atoms with E-state index < -0.39 is 0 Å². The van der Waals surface area contributed by atoms with E-state index in [-0.39, 0.29) is 0 Å². The van der Waals surface area contributed by atoms with Crippen LogP contribution in [0.2, 0.25) is 0 Å². The number of nitrogens with zero attached hydrogens (tertiary/aromatic N) is 1. The van der Waals surface area contributed by atoms with E-state index in [9.17, 15) is 0 Å². The second-order valence-corrected chi connectivity index (χ2v) is 6.47. The Morgan fingerprint density at radius 2 is 1.62 bits per heavy atom. The molecule has 1 N–H and O–H groups in total. The van der Waals surface area contributed by atoms with Crippen LogP contribution in [-0.2, 0) is 0 Å². The van der Waals surface area contributed by atoms with E-state index >= 15 is 0 Å². The van der Waals surface area contributed by atoms with Gasteiger partial charge in [-0.05, 0) is 71.5 Å². The van der Waals surface area contributed by atoms with Crippen LogP contribution in [0.25, 0.3) is 0 Å². The van der Waals surface area contributed by atoms with E-state index in [1.165, 1.54) is 51.6 Å². The third-order valence-electron chi connectivity index (χ3n) is 4.65. The van der Waals surface area contributed by atoms with Crippen molar-refractivity contribution in [2.75, 3.05) is 20.1 Å². The van der Waals surface area contributed by atoms with Gasteiger partial charge in [0.05, 0.1) is 0 Å². The van der Waals surface area contributed by atoms with Crippen molar-refractivity contribution in [2.24, 2.45) is 5.92 Å².